The van der Waals surface area contributed by atoms with E-state index in [1.807, 2.05) is 30.3 Å². The van der Waals surface area contributed by atoms with Crippen LogP contribution >= 0.6 is 15.9 Å². The van der Waals surface area contributed by atoms with Crippen LogP contribution in [0.15, 0.2) is 53.0 Å². The van der Waals surface area contributed by atoms with Gasteiger partial charge < -0.3 is 14.7 Å². The Hall–Kier alpha value is -2.05. The maximum absolute atomic E-state index is 12.6. The van der Waals surface area contributed by atoms with Crippen LogP contribution < -0.4 is 4.74 Å². The van der Waals surface area contributed by atoms with Crippen molar-refractivity contribution in [1.82, 2.24) is 9.80 Å². The number of amides is 1. The van der Waals surface area contributed by atoms with Gasteiger partial charge in [0.25, 0.3) is 5.91 Å². The predicted molar refractivity (Wildman–Crippen MR) is 100 cm³/mol. The SMILES string of the molecule is O=C(c1cc(Br)ccc1O)N1CCN(CCOc2ccccc2)CC1. The minimum atomic E-state index is -0.126. The molecule has 0 atom stereocenters. The van der Waals surface area contributed by atoms with Gasteiger partial charge in [-0.3, -0.25) is 9.69 Å². The quantitative estimate of drug-likeness (QED) is 0.831. The van der Waals surface area contributed by atoms with Gasteiger partial charge in [0.2, 0.25) is 0 Å². The molecule has 0 radical (unpaired) electrons. The summed E-state index contributed by atoms with van der Waals surface area (Å²) in [5, 5.41) is 9.92. The fourth-order valence-electron chi connectivity index (χ4n) is 2.83. The van der Waals surface area contributed by atoms with Crippen molar-refractivity contribution in [2.75, 3.05) is 39.3 Å². The molecule has 6 heteroatoms. The summed E-state index contributed by atoms with van der Waals surface area (Å²) in [5.74, 6) is 0.771. The summed E-state index contributed by atoms with van der Waals surface area (Å²) in [5.41, 5.74) is 0.343. The van der Waals surface area contributed by atoms with Gasteiger partial charge in [-0.15, -0.1) is 0 Å². The molecule has 1 saturated heterocycles. The van der Waals surface area contributed by atoms with E-state index in [9.17, 15) is 9.90 Å². The number of hydrogen-bond donors (Lipinski definition) is 1. The molecule has 0 aromatic heterocycles. The molecule has 0 aliphatic carbocycles. The van der Waals surface area contributed by atoms with Crippen LogP contribution in [0.2, 0.25) is 0 Å². The first-order valence-corrected chi connectivity index (χ1v) is 9.11. The molecular formula is C19H21BrN2O3. The summed E-state index contributed by atoms with van der Waals surface area (Å²) in [4.78, 5) is 16.7. The highest BCUT2D eigenvalue weighted by Crippen LogP contribution is 2.23. The van der Waals surface area contributed by atoms with Crippen molar-refractivity contribution in [2.24, 2.45) is 0 Å². The van der Waals surface area contributed by atoms with E-state index in [-0.39, 0.29) is 11.7 Å². The number of nitrogens with zero attached hydrogens (tertiary/aromatic N) is 2. The number of phenolic OH excluding ortho intramolecular Hbond substituents is 1. The highest BCUT2D eigenvalue weighted by molar-refractivity contribution is 9.10. The third-order valence-electron chi connectivity index (χ3n) is 4.27. The van der Waals surface area contributed by atoms with Crippen LogP contribution in [0.3, 0.4) is 0 Å². The average molecular weight is 405 g/mol. The molecule has 1 aliphatic heterocycles. The summed E-state index contributed by atoms with van der Waals surface area (Å²) >= 11 is 3.34. The topological polar surface area (TPSA) is 53.0 Å². The second-order valence-corrected chi connectivity index (χ2v) is 6.87. The average Bonchev–Trinajstić information content (AvgIpc) is 2.65. The molecule has 132 valence electrons. The Labute approximate surface area is 155 Å². The van der Waals surface area contributed by atoms with Crippen molar-refractivity contribution >= 4 is 21.8 Å². The second kappa shape index (κ2) is 8.36. The van der Waals surface area contributed by atoms with Crippen molar-refractivity contribution in [3.05, 3.63) is 58.6 Å². The van der Waals surface area contributed by atoms with E-state index in [0.717, 1.165) is 29.9 Å². The number of phenols is 1. The lowest BCUT2D eigenvalue weighted by Gasteiger charge is -2.34. The lowest BCUT2D eigenvalue weighted by atomic mass is 10.1. The van der Waals surface area contributed by atoms with E-state index in [4.69, 9.17) is 4.74 Å². The number of para-hydroxylation sites is 1. The van der Waals surface area contributed by atoms with E-state index < -0.39 is 0 Å². The van der Waals surface area contributed by atoms with Gasteiger partial charge in [0, 0.05) is 37.2 Å². The molecule has 1 aliphatic rings. The number of aromatic hydroxyl groups is 1. The summed E-state index contributed by atoms with van der Waals surface area (Å²) < 4.78 is 6.50. The number of piperazine rings is 1. The minimum Gasteiger partial charge on any atom is -0.507 e. The van der Waals surface area contributed by atoms with E-state index >= 15 is 0 Å². The number of ether oxygens (including phenoxy) is 1. The minimum absolute atomic E-state index is 0.0203. The number of benzene rings is 2. The molecule has 1 N–H and O–H groups in total. The molecule has 0 bridgehead atoms. The van der Waals surface area contributed by atoms with Crippen molar-refractivity contribution in [3.8, 4) is 11.5 Å². The highest BCUT2D eigenvalue weighted by Gasteiger charge is 2.24. The van der Waals surface area contributed by atoms with Crippen molar-refractivity contribution in [1.29, 1.82) is 0 Å². The van der Waals surface area contributed by atoms with Crippen LogP contribution in [0, 0.1) is 0 Å². The third-order valence-corrected chi connectivity index (χ3v) is 4.76. The summed E-state index contributed by atoms with van der Waals surface area (Å²) in [6, 6.07) is 14.7. The van der Waals surface area contributed by atoms with Crippen LogP contribution in [0.5, 0.6) is 11.5 Å². The standard InChI is InChI=1S/C19H21BrN2O3/c20-15-6-7-18(23)17(14-15)19(24)22-10-8-21(9-11-22)12-13-25-16-4-2-1-3-5-16/h1-7,14,23H,8-13H2. The van der Waals surface area contributed by atoms with E-state index in [1.165, 1.54) is 6.07 Å². The zero-order valence-electron chi connectivity index (χ0n) is 13.9. The molecule has 1 fully saturated rings. The molecule has 0 saturated carbocycles. The summed E-state index contributed by atoms with van der Waals surface area (Å²) in [6.07, 6.45) is 0. The Balaban J connectivity index is 1.47. The van der Waals surface area contributed by atoms with Crippen LogP contribution in [-0.2, 0) is 0 Å². The maximum atomic E-state index is 12.6. The Morgan fingerprint density at radius 2 is 1.80 bits per heavy atom. The molecule has 1 amide bonds. The van der Waals surface area contributed by atoms with Gasteiger partial charge in [0.1, 0.15) is 18.1 Å². The molecule has 1 heterocycles. The molecule has 25 heavy (non-hydrogen) atoms. The zero-order chi connectivity index (χ0) is 17.6. The van der Waals surface area contributed by atoms with Crippen molar-refractivity contribution in [2.45, 2.75) is 0 Å². The Morgan fingerprint density at radius 3 is 2.52 bits per heavy atom. The number of halogens is 1. The van der Waals surface area contributed by atoms with Gasteiger partial charge in [-0.25, -0.2) is 0 Å². The Bertz CT molecular complexity index is 716. The molecule has 0 spiro atoms. The third kappa shape index (κ3) is 4.74. The lowest BCUT2D eigenvalue weighted by molar-refractivity contribution is 0.0617. The number of rotatable bonds is 5. The van der Waals surface area contributed by atoms with Crippen molar-refractivity contribution < 1.29 is 14.6 Å². The van der Waals surface area contributed by atoms with Gasteiger partial charge >= 0.3 is 0 Å². The molecule has 2 aromatic rings. The first-order valence-electron chi connectivity index (χ1n) is 8.31. The lowest BCUT2D eigenvalue weighted by Crippen LogP contribution is -2.49. The van der Waals surface area contributed by atoms with Gasteiger partial charge in [-0.05, 0) is 30.3 Å². The van der Waals surface area contributed by atoms with Crippen LogP contribution in [-0.4, -0.2) is 60.1 Å². The van der Waals surface area contributed by atoms with Crippen LogP contribution in [0.1, 0.15) is 10.4 Å². The largest absolute Gasteiger partial charge is 0.507 e. The summed E-state index contributed by atoms with van der Waals surface area (Å²) in [6.45, 7) is 4.37. The van der Waals surface area contributed by atoms with Gasteiger partial charge in [-0.1, -0.05) is 34.1 Å². The monoisotopic (exact) mass is 404 g/mol. The Kier molecular flexibility index (Phi) is 5.94. The Morgan fingerprint density at radius 1 is 1.08 bits per heavy atom. The zero-order valence-corrected chi connectivity index (χ0v) is 15.5. The molecule has 2 aromatic carbocycles. The first kappa shape index (κ1) is 17.8. The molecule has 0 unspecified atom stereocenters. The van der Waals surface area contributed by atoms with E-state index in [2.05, 4.69) is 20.8 Å². The number of hydrogen-bond acceptors (Lipinski definition) is 4. The first-order chi connectivity index (χ1) is 12.1. The van der Waals surface area contributed by atoms with Crippen molar-refractivity contribution in [3.63, 3.8) is 0 Å². The fraction of sp³-hybridized carbons (Fsp3) is 0.316. The van der Waals surface area contributed by atoms with E-state index in [0.29, 0.717) is 25.3 Å². The summed E-state index contributed by atoms with van der Waals surface area (Å²) in [7, 11) is 0. The molecule has 3 rings (SSSR count). The predicted octanol–water partition coefficient (Wildman–Crippen LogP) is 2.99. The number of carbonyl (C=O) groups excluding carboxylic acids is 1. The fourth-order valence-corrected chi connectivity index (χ4v) is 3.19. The van der Waals surface area contributed by atoms with Gasteiger partial charge in [0.05, 0.1) is 5.56 Å². The van der Waals surface area contributed by atoms with Gasteiger partial charge in [-0.2, -0.15) is 0 Å². The number of carbonyl (C=O) groups is 1. The van der Waals surface area contributed by atoms with Crippen LogP contribution in [0.4, 0.5) is 0 Å². The maximum Gasteiger partial charge on any atom is 0.257 e. The molecular weight excluding hydrogens is 384 g/mol. The smallest absolute Gasteiger partial charge is 0.257 e. The second-order valence-electron chi connectivity index (χ2n) is 5.96. The van der Waals surface area contributed by atoms with Gasteiger partial charge in [0.15, 0.2) is 0 Å². The normalized spacial score (nSPS) is 15.2. The van der Waals surface area contributed by atoms with Crippen LogP contribution in [0.25, 0.3) is 0 Å². The van der Waals surface area contributed by atoms with E-state index in [1.54, 1.807) is 17.0 Å². The molecule has 5 nitrogen and oxygen atoms in total. The highest BCUT2D eigenvalue weighted by atomic mass is 79.9.